The molecular formula is C14H23N3O3. The minimum absolute atomic E-state index is 0.0501. The van der Waals surface area contributed by atoms with Crippen LogP contribution in [0.1, 0.15) is 32.1 Å². The molecule has 0 aromatic rings. The van der Waals surface area contributed by atoms with Gasteiger partial charge in [0.25, 0.3) is 0 Å². The van der Waals surface area contributed by atoms with Crippen LogP contribution in [0, 0.1) is 0 Å². The molecule has 6 nitrogen and oxygen atoms in total. The van der Waals surface area contributed by atoms with Gasteiger partial charge in [-0.1, -0.05) is 12.8 Å². The molecule has 3 rings (SSSR count). The number of morpholine rings is 1. The summed E-state index contributed by atoms with van der Waals surface area (Å²) in [6.07, 6.45) is 5.53. The molecule has 2 heterocycles. The molecule has 3 amide bonds. The van der Waals surface area contributed by atoms with Crippen molar-refractivity contribution in [3.63, 3.8) is 0 Å². The average Bonchev–Trinajstić information content (AvgIpc) is 2.99. The third-order valence-corrected chi connectivity index (χ3v) is 4.77. The number of ether oxygens (including phenoxy) is 1. The van der Waals surface area contributed by atoms with Gasteiger partial charge in [0.15, 0.2) is 0 Å². The first-order valence-electron chi connectivity index (χ1n) is 7.58. The second-order valence-corrected chi connectivity index (χ2v) is 6.09. The van der Waals surface area contributed by atoms with E-state index >= 15 is 0 Å². The number of piperidine rings is 1. The Balaban J connectivity index is 1.59. The summed E-state index contributed by atoms with van der Waals surface area (Å²) in [5.74, 6) is -0.0790. The highest BCUT2D eigenvalue weighted by Gasteiger charge is 2.37. The Kier molecular flexibility index (Phi) is 3.83. The lowest BCUT2D eigenvalue weighted by Gasteiger charge is -2.42. The normalized spacial score (nSPS) is 30.9. The lowest BCUT2D eigenvalue weighted by molar-refractivity contribution is -0.139. The van der Waals surface area contributed by atoms with Crippen molar-refractivity contribution in [1.29, 1.82) is 0 Å². The Morgan fingerprint density at radius 1 is 1.35 bits per heavy atom. The van der Waals surface area contributed by atoms with Gasteiger partial charge in [-0.2, -0.15) is 0 Å². The minimum Gasteiger partial charge on any atom is -0.366 e. The highest BCUT2D eigenvalue weighted by molar-refractivity contribution is 5.79. The van der Waals surface area contributed by atoms with Gasteiger partial charge in [-0.05, 0) is 19.3 Å². The van der Waals surface area contributed by atoms with E-state index in [1.165, 1.54) is 12.8 Å². The summed E-state index contributed by atoms with van der Waals surface area (Å²) in [5, 5.41) is 2.94. The van der Waals surface area contributed by atoms with E-state index in [1.807, 2.05) is 16.8 Å². The van der Waals surface area contributed by atoms with Crippen LogP contribution in [0.15, 0.2) is 0 Å². The van der Waals surface area contributed by atoms with E-state index < -0.39 is 0 Å². The molecule has 2 atom stereocenters. The molecular weight excluding hydrogens is 258 g/mol. The molecule has 0 unspecified atom stereocenters. The summed E-state index contributed by atoms with van der Waals surface area (Å²) in [6.45, 7) is 1.43. The quantitative estimate of drug-likeness (QED) is 0.764. The third-order valence-electron chi connectivity index (χ3n) is 4.77. The van der Waals surface area contributed by atoms with E-state index in [9.17, 15) is 9.59 Å². The maximum atomic E-state index is 12.5. The number of fused-ring (bicyclic) bond motifs is 1. The van der Waals surface area contributed by atoms with Gasteiger partial charge in [0.2, 0.25) is 5.91 Å². The number of nitrogens with zero attached hydrogens (tertiary/aromatic N) is 2. The standard InChI is InChI=1S/C14H23N3O3/c1-16(10-4-2-3-5-10)14(19)17-7-6-12-11(8-17)15-13(18)9-20-12/h10-12H,2-9H2,1H3,(H,15,18)/t11-,12-/m0/s1. The molecule has 20 heavy (non-hydrogen) atoms. The lowest BCUT2D eigenvalue weighted by Crippen LogP contribution is -2.62. The SMILES string of the molecule is CN(C(=O)N1CC[C@@H]2OCC(=O)N[C@H]2C1)C1CCCC1. The minimum atomic E-state index is -0.0790. The van der Waals surface area contributed by atoms with Crippen LogP contribution in [0.25, 0.3) is 0 Å². The molecule has 0 aromatic heterocycles. The molecule has 1 aliphatic carbocycles. The van der Waals surface area contributed by atoms with Crippen LogP contribution in [-0.4, -0.2) is 66.7 Å². The zero-order valence-corrected chi connectivity index (χ0v) is 12.0. The van der Waals surface area contributed by atoms with E-state index in [0.29, 0.717) is 19.1 Å². The zero-order valence-electron chi connectivity index (χ0n) is 12.0. The number of hydrogen-bond acceptors (Lipinski definition) is 3. The zero-order chi connectivity index (χ0) is 14.1. The van der Waals surface area contributed by atoms with Crippen molar-refractivity contribution in [2.45, 2.75) is 50.3 Å². The summed E-state index contributed by atoms with van der Waals surface area (Å²) < 4.78 is 5.52. The van der Waals surface area contributed by atoms with Crippen LogP contribution in [0.2, 0.25) is 0 Å². The van der Waals surface area contributed by atoms with Gasteiger partial charge in [-0.15, -0.1) is 0 Å². The number of urea groups is 1. The fourth-order valence-electron chi connectivity index (χ4n) is 3.54. The van der Waals surface area contributed by atoms with Crippen molar-refractivity contribution in [2.75, 3.05) is 26.7 Å². The summed E-state index contributed by atoms with van der Waals surface area (Å²) in [7, 11) is 1.90. The predicted octanol–water partition coefficient (Wildman–Crippen LogP) is 0.570. The van der Waals surface area contributed by atoms with E-state index in [1.54, 1.807) is 0 Å². The van der Waals surface area contributed by atoms with E-state index in [-0.39, 0.29) is 30.7 Å². The number of amides is 3. The molecule has 0 bridgehead atoms. The van der Waals surface area contributed by atoms with Gasteiger partial charge in [0, 0.05) is 26.2 Å². The van der Waals surface area contributed by atoms with E-state index in [0.717, 1.165) is 19.3 Å². The maximum absolute atomic E-state index is 12.5. The molecule has 112 valence electrons. The third kappa shape index (κ3) is 2.61. The van der Waals surface area contributed by atoms with Gasteiger partial charge in [-0.3, -0.25) is 4.79 Å². The van der Waals surface area contributed by atoms with Crippen LogP contribution < -0.4 is 5.32 Å². The van der Waals surface area contributed by atoms with Crippen LogP contribution in [0.3, 0.4) is 0 Å². The molecule has 0 radical (unpaired) electrons. The number of carbonyl (C=O) groups is 2. The monoisotopic (exact) mass is 281 g/mol. The summed E-state index contributed by atoms with van der Waals surface area (Å²) in [4.78, 5) is 27.7. The van der Waals surface area contributed by atoms with Crippen molar-refractivity contribution in [2.24, 2.45) is 0 Å². The first-order valence-corrected chi connectivity index (χ1v) is 7.58. The second kappa shape index (κ2) is 5.60. The smallest absolute Gasteiger partial charge is 0.320 e. The summed E-state index contributed by atoms with van der Waals surface area (Å²) >= 11 is 0. The fraction of sp³-hybridized carbons (Fsp3) is 0.857. The van der Waals surface area contributed by atoms with Gasteiger partial charge in [-0.25, -0.2) is 4.79 Å². The average molecular weight is 281 g/mol. The molecule has 6 heteroatoms. The number of likely N-dealkylation sites (tertiary alicyclic amines) is 1. The molecule has 0 spiro atoms. The Hall–Kier alpha value is -1.30. The molecule has 1 N–H and O–H groups in total. The Morgan fingerprint density at radius 2 is 2.10 bits per heavy atom. The number of hydrogen-bond donors (Lipinski definition) is 1. The maximum Gasteiger partial charge on any atom is 0.320 e. The van der Waals surface area contributed by atoms with Crippen LogP contribution in [-0.2, 0) is 9.53 Å². The van der Waals surface area contributed by atoms with Gasteiger partial charge in [0.1, 0.15) is 6.61 Å². The topological polar surface area (TPSA) is 61.9 Å². The molecule has 2 saturated heterocycles. The van der Waals surface area contributed by atoms with Gasteiger partial charge >= 0.3 is 6.03 Å². The molecule has 3 fully saturated rings. The van der Waals surface area contributed by atoms with E-state index in [2.05, 4.69) is 5.32 Å². The highest BCUT2D eigenvalue weighted by Crippen LogP contribution is 2.24. The van der Waals surface area contributed by atoms with Crippen LogP contribution in [0.4, 0.5) is 4.79 Å². The van der Waals surface area contributed by atoms with Crippen molar-refractivity contribution in [1.82, 2.24) is 15.1 Å². The predicted molar refractivity (Wildman–Crippen MR) is 73.3 cm³/mol. The fourth-order valence-corrected chi connectivity index (χ4v) is 3.54. The Bertz CT molecular complexity index is 395. The summed E-state index contributed by atoms with van der Waals surface area (Å²) in [5.41, 5.74) is 0. The Morgan fingerprint density at radius 3 is 2.85 bits per heavy atom. The second-order valence-electron chi connectivity index (χ2n) is 6.09. The number of rotatable bonds is 1. The first-order chi connectivity index (χ1) is 9.65. The van der Waals surface area contributed by atoms with Crippen molar-refractivity contribution < 1.29 is 14.3 Å². The molecule has 2 aliphatic heterocycles. The van der Waals surface area contributed by atoms with E-state index in [4.69, 9.17) is 4.74 Å². The van der Waals surface area contributed by atoms with Crippen LogP contribution >= 0.6 is 0 Å². The number of carbonyl (C=O) groups excluding carboxylic acids is 2. The van der Waals surface area contributed by atoms with Crippen molar-refractivity contribution in [3.8, 4) is 0 Å². The van der Waals surface area contributed by atoms with Gasteiger partial charge < -0.3 is 19.9 Å². The molecule has 3 aliphatic rings. The van der Waals surface area contributed by atoms with Gasteiger partial charge in [0.05, 0.1) is 12.1 Å². The van der Waals surface area contributed by atoms with Crippen molar-refractivity contribution >= 4 is 11.9 Å². The summed E-state index contributed by atoms with van der Waals surface area (Å²) in [6, 6.07) is 0.429. The molecule has 0 aromatic carbocycles. The lowest BCUT2D eigenvalue weighted by atomic mass is 10.0. The largest absolute Gasteiger partial charge is 0.366 e. The molecule has 1 saturated carbocycles. The number of nitrogens with one attached hydrogen (secondary N) is 1. The van der Waals surface area contributed by atoms with Crippen LogP contribution in [0.5, 0.6) is 0 Å². The Labute approximate surface area is 119 Å². The van der Waals surface area contributed by atoms with Crippen molar-refractivity contribution in [3.05, 3.63) is 0 Å². The highest BCUT2D eigenvalue weighted by atomic mass is 16.5. The first kappa shape index (κ1) is 13.7.